The third-order valence-corrected chi connectivity index (χ3v) is 10.9. The number of rotatable bonds is 7. The maximum absolute atomic E-state index is 13.3. The monoisotopic (exact) mass is 630 g/mol. The highest BCUT2D eigenvalue weighted by Gasteiger charge is 2.84. The number of cyclic esters (lactones) is 1. The second-order valence-electron chi connectivity index (χ2n) is 13.7. The Labute approximate surface area is 262 Å². The van der Waals surface area contributed by atoms with E-state index < -0.39 is 82.0 Å². The van der Waals surface area contributed by atoms with Gasteiger partial charge in [-0.2, -0.15) is 0 Å². The lowest BCUT2D eigenvalue weighted by atomic mass is 9.47. The van der Waals surface area contributed by atoms with Crippen molar-refractivity contribution in [2.45, 2.75) is 109 Å². The first kappa shape index (κ1) is 32.7. The number of hydrogen-bond donors (Lipinski definition) is 0. The first-order valence-electron chi connectivity index (χ1n) is 15.1. The van der Waals surface area contributed by atoms with Gasteiger partial charge in [0.05, 0.1) is 44.0 Å². The SMILES string of the molecule is C=C1[C@@H]([C@]2(C)C(CC(=O)OC)C(C)(C)OC(=O)C[C@@H]2OC(C)=O)[C@@H](OC(C)=O)[C@H](OC(C)=O)[C@@]2(C)[C@H](c3ccoc3)C[C@H]3O[C@]132. The molecule has 0 radical (unpaired) electrons. The minimum absolute atomic E-state index is 0.242. The number of carbonyl (C=O) groups is 5. The predicted octanol–water partition coefficient (Wildman–Crippen LogP) is 3.80. The Morgan fingerprint density at radius 1 is 1.00 bits per heavy atom. The maximum atomic E-state index is 13.3. The fourth-order valence-corrected chi connectivity index (χ4v) is 9.21. The van der Waals surface area contributed by atoms with Crippen molar-refractivity contribution in [1.82, 2.24) is 0 Å². The summed E-state index contributed by atoms with van der Waals surface area (Å²) in [6.45, 7) is 15.4. The molecule has 10 atom stereocenters. The molecule has 12 heteroatoms. The van der Waals surface area contributed by atoms with Gasteiger partial charge in [-0.1, -0.05) is 20.4 Å². The van der Waals surface area contributed by atoms with Gasteiger partial charge in [0.25, 0.3) is 0 Å². The second-order valence-corrected chi connectivity index (χ2v) is 13.7. The highest BCUT2D eigenvalue weighted by atomic mass is 16.6. The van der Waals surface area contributed by atoms with Crippen LogP contribution in [-0.4, -0.2) is 72.6 Å². The first-order valence-corrected chi connectivity index (χ1v) is 15.1. The van der Waals surface area contributed by atoms with E-state index in [1.165, 1.54) is 27.9 Å². The average Bonchev–Trinajstić information content (AvgIpc) is 3.29. The highest BCUT2D eigenvalue weighted by molar-refractivity contribution is 5.74. The highest BCUT2D eigenvalue weighted by Crippen LogP contribution is 2.76. The second kappa shape index (κ2) is 11.0. The zero-order valence-electron chi connectivity index (χ0n) is 27.0. The lowest BCUT2D eigenvalue weighted by Crippen LogP contribution is -2.68. The molecule has 2 aliphatic heterocycles. The Hall–Kier alpha value is -3.67. The van der Waals surface area contributed by atoms with Crippen LogP contribution in [0.5, 0.6) is 0 Å². The molecule has 5 rings (SSSR count). The Kier molecular flexibility index (Phi) is 7.99. The topological polar surface area (TPSA) is 157 Å². The lowest BCUT2D eigenvalue weighted by Gasteiger charge is -2.59. The van der Waals surface area contributed by atoms with Crippen molar-refractivity contribution in [3.05, 3.63) is 36.3 Å². The van der Waals surface area contributed by atoms with Crippen molar-refractivity contribution in [3.8, 4) is 0 Å². The Morgan fingerprint density at radius 2 is 1.64 bits per heavy atom. The molecular formula is C33H42O12. The van der Waals surface area contributed by atoms with E-state index in [0.29, 0.717) is 12.0 Å². The van der Waals surface area contributed by atoms with Gasteiger partial charge in [0.1, 0.15) is 29.5 Å². The van der Waals surface area contributed by atoms with Crippen LogP contribution in [-0.2, 0) is 52.4 Å². The molecule has 2 saturated carbocycles. The van der Waals surface area contributed by atoms with Crippen LogP contribution in [0.15, 0.2) is 35.2 Å². The summed E-state index contributed by atoms with van der Waals surface area (Å²) in [4.78, 5) is 64.6. The minimum atomic E-state index is -1.38. The molecule has 4 fully saturated rings. The predicted molar refractivity (Wildman–Crippen MR) is 154 cm³/mol. The van der Waals surface area contributed by atoms with E-state index in [2.05, 4.69) is 6.58 Å². The summed E-state index contributed by atoms with van der Waals surface area (Å²) in [6.07, 6.45) is -0.637. The van der Waals surface area contributed by atoms with E-state index >= 15 is 0 Å². The summed E-state index contributed by atoms with van der Waals surface area (Å²) in [5.74, 6) is -5.23. The molecule has 1 unspecified atom stereocenters. The molecular weight excluding hydrogens is 588 g/mol. The zero-order chi connectivity index (χ0) is 33.3. The standard InChI is InChI=1S/C33H42O12/c1-16-27(31(7)22(13-25(37)39-9)30(5,6)45-26(38)14-23(31)41-17(2)34)28(42-18(3)35)29(43-19(4)36)32(8)21(20-10-11-40-15-20)12-24-33(16,32)44-24/h10-11,15,21-24,27-29H,1,12-14H2,2-9H3/t21-,22?,23-,24+,27+,28+,29-,31+,32+,33+/m0/s1. The average molecular weight is 631 g/mol. The minimum Gasteiger partial charge on any atom is -0.472 e. The van der Waals surface area contributed by atoms with Gasteiger partial charge in [-0.05, 0) is 37.5 Å². The fraction of sp³-hybridized carbons (Fsp3) is 0.667. The number of epoxide rings is 1. The van der Waals surface area contributed by atoms with E-state index in [1.807, 2.05) is 13.0 Å². The van der Waals surface area contributed by atoms with Crippen LogP contribution in [0.4, 0.5) is 0 Å². The van der Waals surface area contributed by atoms with Crippen molar-refractivity contribution in [1.29, 1.82) is 0 Å². The largest absolute Gasteiger partial charge is 0.472 e. The van der Waals surface area contributed by atoms with E-state index in [0.717, 1.165) is 5.56 Å². The van der Waals surface area contributed by atoms with E-state index in [-0.39, 0.29) is 24.9 Å². The summed E-state index contributed by atoms with van der Waals surface area (Å²) in [6, 6.07) is 1.84. The molecule has 1 aromatic heterocycles. The number of carbonyl (C=O) groups excluding carboxylic acids is 5. The van der Waals surface area contributed by atoms with Crippen molar-refractivity contribution in [2.24, 2.45) is 22.7 Å². The lowest BCUT2D eigenvalue weighted by molar-refractivity contribution is -0.221. The number of furan rings is 1. The molecule has 2 saturated heterocycles. The fourth-order valence-electron chi connectivity index (χ4n) is 9.21. The van der Waals surface area contributed by atoms with Crippen LogP contribution in [0.1, 0.15) is 79.2 Å². The van der Waals surface area contributed by atoms with Gasteiger partial charge in [0.2, 0.25) is 0 Å². The van der Waals surface area contributed by atoms with Gasteiger partial charge in [-0.15, -0.1) is 0 Å². The molecule has 0 bridgehead atoms. The molecule has 12 nitrogen and oxygen atoms in total. The first-order chi connectivity index (χ1) is 20.9. The third-order valence-electron chi connectivity index (χ3n) is 10.9. The summed E-state index contributed by atoms with van der Waals surface area (Å²) < 4.78 is 41.1. The van der Waals surface area contributed by atoms with Gasteiger partial charge >= 0.3 is 29.8 Å². The summed E-state index contributed by atoms with van der Waals surface area (Å²) >= 11 is 0. The van der Waals surface area contributed by atoms with Crippen molar-refractivity contribution >= 4 is 29.8 Å². The summed E-state index contributed by atoms with van der Waals surface area (Å²) in [5.41, 5.74) is -3.35. The van der Waals surface area contributed by atoms with Crippen LogP contribution in [0.25, 0.3) is 0 Å². The molecule has 2 aliphatic carbocycles. The molecule has 45 heavy (non-hydrogen) atoms. The third kappa shape index (κ3) is 4.87. The Balaban J connectivity index is 1.80. The molecule has 0 N–H and O–H groups in total. The van der Waals surface area contributed by atoms with Crippen molar-refractivity contribution in [3.63, 3.8) is 0 Å². The van der Waals surface area contributed by atoms with Gasteiger partial charge in [0, 0.05) is 43.9 Å². The Morgan fingerprint density at radius 3 is 2.20 bits per heavy atom. The molecule has 0 aromatic carbocycles. The molecule has 0 amide bonds. The van der Waals surface area contributed by atoms with Gasteiger partial charge in [-0.3, -0.25) is 24.0 Å². The van der Waals surface area contributed by atoms with Crippen LogP contribution < -0.4 is 0 Å². The smallest absolute Gasteiger partial charge is 0.310 e. The summed E-state index contributed by atoms with van der Waals surface area (Å²) in [7, 11) is 1.25. The molecule has 3 heterocycles. The summed E-state index contributed by atoms with van der Waals surface area (Å²) in [5, 5.41) is 0. The maximum Gasteiger partial charge on any atom is 0.310 e. The number of esters is 5. The molecule has 1 spiro atoms. The van der Waals surface area contributed by atoms with Crippen LogP contribution in [0.3, 0.4) is 0 Å². The number of hydrogen-bond acceptors (Lipinski definition) is 12. The van der Waals surface area contributed by atoms with Gasteiger partial charge in [-0.25, -0.2) is 0 Å². The normalized spacial score (nSPS) is 39.8. The van der Waals surface area contributed by atoms with E-state index in [4.69, 9.17) is 32.8 Å². The van der Waals surface area contributed by atoms with Gasteiger partial charge < -0.3 is 32.8 Å². The van der Waals surface area contributed by atoms with Gasteiger partial charge in [0.15, 0.2) is 0 Å². The number of ether oxygens (including phenoxy) is 6. The molecule has 1 aromatic rings. The quantitative estimate of drug-likeness (QED) is 0.186. The zero-order valence-corrected chi connectivity index (χ0v) is 27.0. The van der Waals surface area contributed by atoms with E-state index in [1.54, 1.807) is 33.3 Å². The molecule has 4 aliphatic rings. The molecule has 246 valence electrons. The number of methoxy groups -OCH3 is 1. The van der Waals surface area contributed by atoms with Crippen LogP contribution in [0.2, 0.25) is 0 Å². The van der Waals surface area contributed by atoms with Crippen LogP contribution in [0, 0.1) is 22.7 Å². The Bertz CT molecular complexity index is 1410. The van der Waals surface area contributed by atoms with E-state index in [9.17, 15) is 24.0 Å². The van der Waals surface area contributed by atoms with Crippen molar-refractivity contribution in [2.75, 3.05) is 7.11 Å². The van der Waals surface area contributed by atoms with Crippen molar-refractivity contribution < 1.29 is 56.8 Å². The van der Waals surface area contributed by atoms with Crippen LogP contribution >= 0.6 is 0 Å².